The largest absolute Gasteiger partial charge is 1.00 e. The number of aryl methyl sites for hydroxylation is 1. The van der Waals surface area contributed by atoms with E-state index in [1.165, 1.54) is 50.5 Å². The summed E-state index contributed by atoms with van der Waals surface area (Å²) in [6.45, 7) is 5.32. The number of nitrogens with zero attached hydrogens (tertiary/aromatic N) is 4. The molecule has 0 radical (unpaired) electrons. The van der Waals surface area contributed by atoms with Gasteiger partial charge in [0, 0.05) is 0 Å². The first-order valence-corrected chi connectivity index (χ1v) is 11.4. The van der Waals surface area contributed by atoms with Crippen molar-refractivity contribution in [2.24, 2.45) is 13.0 Å². The molecule has 6 nitrogen and oxygen atoms in total. The molecular weight excluding hydrogens is 454 g/mol. The van der Waals surface area contributed by atoms with E-state index in [4.69, 9.17) is 4.84 Å². The third kappa shape index (κ3) is 7.42. The molecule has 172 valence electrons. The Labute approximate surface area is 197 Å². The van der Waals surface area contributed by atoms with Crippen LogP contribution in [0.2, 0.25) is 0 Å². The summed E-state index contributed by atoms with van der Waals surface area (Å²) in [4.78, 5) is 13.8. The van der Waals surface area contributed by atoms with Gasteiger partial charge in [-0.05, 0) is 45.4 Å². The van der Waals surface area contributed by atoms with Crippen LogP contribution in [-0.2, 0) is 18.4 Å². The van der Waals surface area contributed by atoms with Crippen molar-refractivity contribution in [2.45, 2.75) is 78.2 Å². The van der Waals surface area contributed by atoms with Gasteiger partial charge in [-0.2, -0.15) is 4.98 Å². The maximum atomic E-state index is 5.08. The fraction of sp³-hybridized carbons (Fsp3) is 0.625. The quantitative estimate of drug-likeness (QED) is 0.314. The smallest absolute Gasteiger partial charge is 0.307 e. The standard InChI is InChI=1S/C24H38N5O.BrH/c1-19(13-14-21-11-6-5-7-12-21)9-8-10-20(2)15-16-29-18-28(3)24-22(29)23(27-30-4)25-17-26-24;/h9,15,17-18,21H,5-8,10-14,16H2,1-4H3,(H,25,26,27);1H/q+1;/p-1/b19-9+,20-15+;. The lowest BCUT2D eigenvalue weighted by Gasteiger charge is -2.21. The Bertz CT molecular complexity index is 883. The molecule has 7 heteroatoms. The average Bonchev–Trinajstić information content (AvgIpc) is 3.08. The second-order valence-corrected chi connectivity index (χ2v) is 8.76. The fourth-order valence-electron chi connectivity index (χ4n) is 4.44. The predicted molar refractivity (Wildman–Crippen MR) is 122 cm³/mol. The maximum absolute atomic E-state index is 5.08. The van der Waals surface area contributed by atoms with Crippen LogP contribution in [0.1, 0.15) is 71.6 Å². The van der Waals surface area contributed by atoms with E-state index in [1.54, 1.807) is 19.0 Å². The molecule has 31 heavy (non-hydrogen) atoms. The molecule has 3 rings (SSSR count). The Morgan fingerprint density at radius 1 is 1.16 bits per heavy atom. The molecular formula is C24H38BrN5O. The lowest BCUT2D eigenvalue weighted by molar-refractivity contribution is -0.647. The summed E-state index contributed by atoms with van der Waals surface area (Å²) < 4.78 is 4.17. The molecule has 1 N–H and O–H groups in total. The van der Waals surface area contributed by atoms with Gasteiger partial charge in [0.1, 0.15) is 0 Å². The van der Waals surface area contributed by atoms with Crippen molar-refractivity contribution in [3.8, 4) is 0 Å². The highest BCUT2D eigenvalue weighted by Gasteiger charge is 2.19. The molecule has 1 aliphatic rings. The van der Waals surface area contributed by atoms with Crippen molar-refractivity contribution in [2.75, 3.05) is 12.6 Å². The van der Waals surface area contributed by atoms with Crippen molar-refractivity contribution < 1.29 is 26.4 Å². The molecule has 0 amide bonds. The molecule has 1 saturated carbocycles. The number of imidazole rings is 1. The zero-order chi connectivity index (χ0) is 21.3. The van der Waals surface area contributed by atoms with Crippen LogP contribution < -0.4 is 27.0 Å². The Morgan fingerprint density at radius 2 is 1.90 bits per heavy atom. The normalized spacial score (nSPS) is 15.9. The molecule has 0 atom stereocenters. The van der Waals surface area contributed by atoms with Gasteiger partial charge in [-0.1, -0.05) is 60.4 Å². The first kappa shape index (κ1) is 25.5. The fourth-order valence-corrected chi connectivity index (χ4v) is 4.44. The number of rotatable bonds is 10. The lowest BCUT2D eigenvalue weighted by atomic mass is 9.85. The zero-order valence-electron chi connectivity index (χ0n) is 19.5. The molecule has 2 aromatic rings. The molecule has 0 saturated heterocycles. The number of allylic oxidation sites excluding steroid dienone is 4. The first-order chi connectivity index (χ1) is 14.6. The van der Waals surface area contributed by atoms with Crippen LogP contribution in [0, 0.1) is 5.92 Å². The van der Waals surface area contributed by atoms with Crippen LogP contribution in [0.4, 0.5) is 5.82 Å². The van der Waals surface area contributed by atoms with Gasteiger partial charge in [-0.25, -0.2) is 10.0 Å². The molecule has 2 aromatic heterocycles. The molecule has 0 aliphatic heterocycles. The Kier molecular flexibility index (Phi) is 10.7. The highest BCUT2D eigenvalue weighted by Crippen LogP contribution is 2.28. The van der Waals surface area contributed by atoms with Gasteiger partial charge in [-0.15, -0.1) is 0 Å². The molecule has 2 heterocycles. The van der Waals surface area contributed by atoms with Gasteiger partial charge < -0.3 is 17.0 Å². The summed E-state index contributed by atoms with van der Waals surface area (Å²) in [5, 5.41) is 0. The molecule has 0 unspecified atom stereocenters. The predicted octanol–water partition coefficient (Wildman–Crippen LogP) is 2.27. The van der Waals surface area contributed by atoms with E-state index in [0.29, 0.717) is 5.82 Å². The van der Waals surface area contributed by atoms with E-state index in [0.717, 1.165) is 36.5 Å². The van der Waals surface area contributed by atoms with Crippen LogP contribution >= 0.6 is 0 Å². The van der Waals surface area contributed by atoms with E-state index in [1.807, 2.05) is 11.6 Å². The number of halogens is 1. The number of anilines is 1. The van der Waals surface area contributed by atoms with Gasteiger partial charge >= 0.3 is 5.65 Å². The summed E-state index contributed by atoms with van der Waals surface area (Å²) in [6.07, 6.45) is 20.5. The number of nitrogens with one attached hydrogen (secondary N) is 1. The van der Waals surface area contributed by atoms with E-state index in [9.17, 15) is 0 Å². The summed E-state index contributed by atoms with van der Waals surface area (Å²) in [5.74, 6) is 1.66. The van der Waals surface area contributed by atoms with Crippen molar-refractivity contribution >= 4 is 17.0 Å². The van der Waals surface area contributed by atoms with Gasteiger partial charge in [0.25, 0.3) is 0 Å². The highest BCUT2D eigenvalue weighted by molar-refractivity contribution is 5.80. The van der Waals surface area contributed by atoms with Crippen molar-refractivity contribution in [1.82, 2.24) is 14.5 Å². The van der Waals surface area contributed by atoms with E-state index >= 15 is 0 Å². The highest BCUT2D eigenvalue weighted by atomic mass is 79.9. The number of fused-ring (bicyclic) bond motifs is 1. The molecule has 0 aromatic carbocycles. The van der Waals surface area contributed by atoms with E-state index < -0.39 is 0 Å². The summed E-state index contributed by atoms with van der Waals surface area (Å²) in [7, 11) is 3.59. The van der Waals surface area contributed by atoms with Crippen LogP contribution in [-0.4, -0.2) is 21.6 Å². The monoisotopic (exact) mass is 491 g/mol. The Balaban J connectivity index is 0.00000341. The third-order valence-corrected chi connectivity index (χ3v) is 6.28. The SMILES string of the molecule is CONc1ncnc2c1n(C/C=C(\C)CC/C=C(\C)CCC1CCCCC1)c[n+]2C.[Br-]. The molecule has 0 spiro atoms. The van der Waals surface area contributed by atoms with Gasteiger partial charge in [0.05, 0.1) is 20.7 Å². The van der Waals surface area contributed by atoms with Crippen LogP contribution in [0.25, 0.3) is 11.2 Å². The van der Waals surface area contributed by atoms with Crippen LogP contribution in [0.3, 0.4) is 0 Å². The lowest BCUT2D eigenvalue weighted by Crippen LogP contribution is -3.00. The third-order valence-electron chi connectivity index (χ3n) is 6.28. The van der Waals surface area contributed by atoms with Crippen molar-refractivity contribution in [3.05, 3.63) is 36.0 Å². The topological polar surface area (TPSA) is 55.9 Å². The van der Waals surface area contributed by atoms with Gasteiger partial charge in [0.15, 0.2) is 18.5 Å². The van der Waals surface area contributed by atoms with Crippen molar-refractivity contribution in [3.63, 3.8) is 0 Å². The minimum Gasteiger partial charge on any atom is -1.00 e. The Morgan fingerprint density at radius 3 is 2.65 bits per heavy atom. The van der Waals surface area contributed by atoms with Crippen LogP contribution in [0.15, 0.2) is 36.0 Å². The second-order valence-electron chi connectivity index (χ2n) is 8.76. The molecule has 1 aliphatic carbocycles. The van der Waals surface area contributed by atoms with E-state index in [2.05, 4.69) is 52.3 Å². The van der Waals surface area contributed by atoms with Crippen LogP contribution in [0.5, 0.6) is 0 Å². The van der Waals surface area contributed by atoms with E-state index in [-0.39, 0.29) is 17.0 Å². The summed E-state index contributed by atoms with van der Waals surface area (Å²) in [5.41, 5.74) is 7.66. The van der Waals surface area contributed by atoms with Crippen molar-refractivity contribution in [1.29, 1.82) is 0 Å². The minimum absolute atomic E-state index is 0. The van der Waals surface area contributed by atoms with Gasteiger partial charge in [0.2, 0.25) is 5.52 Å². The second kappa shape index (κ2) is 13.0. The minimum atomic E-state index is 0. The number of hydrogen-bond acceptors (Lipinski definition) is 4. The first-order valence-electron chi connectivity index (χ1n) is 11.4. The summed E-state index contributed by atoms with van der Waals surface area (Å²) >= 11 is 0. The Hall–Kier alpha value is -1.73. The zero-order valence-corrected chi connectivity index (χ0v) is 21.1. The average molecular weight is 493 g/mol. The van der Waals surface area contributed by atoms with Gasteiger partial charge in [-0.3, -0.25) is 9.40 Å². The molecule has 0 bridgehead atoms. The number of aromatic nitrogens is 4. The molecule has 1 fully saturated rings. The maximum Gasteiger partial charge on any atom is 0.307 e. The number of hydrogen-bond donors (Lipinski definition) is 1. The summed E-state index contributed by atoms with van der Waals surface area (Å²) in [6, 6.07) is 0.